The van der Waals surface area contributed by atoms with E-state index < -0.39 is 0 Å². The highest BCUT2D eigenvalue weighted by Gasteiger charge is 2.31. The molecule has 1 atom stereocenters. The number of rotatable bonds is 4. The Balaban J connectivity index is 1.44. The van der Waals surface area contributed by atoms with E-state index in [1.165, 1.54) is 11.3 Å². The van der Waals surface area contributed by atoms with Crippen molar-refractivity contribution in [2.75, 3.05) is 25.0 Å². The number of likely N-dealkylation sites (tertiary alicyclic amines) is 1. The summed E-state index contributed by atoms with van der Waals surface area (Å²) in [4.78, 5) is 41.3. The summed E-state index contributed by atoms with van der Waals surface area (Å²) in [7, 11) is 0. The summed E-state index contributed by atoms with van der Waals surface area (Å²) in [5.74, 6) is 0.800. The molecule has 142 valence electrons. The smallest absolute Gasteiger partial charge is 0.240 e. The van der Waals surface area contributed by atoms with Gasteiger partial charge in [-0.3, -0.25) is 14.5 Å². The van der Waals surface area contributed by atoms with Crippen LogP contribution < -0.4 is 5.32 Å². The Labute approximate surface area is 161 Å². The van der Waals surface area contributed by atoms with E-state index in [4.69, 9.17) is 4.98 Å². The van der Waals surface area contributed by atoms with Crippen molar-refractivity contribution in [3.05, 3.63) is 34.9 Å². The molecule has 2 aliphatic rings. The summed E-state index contributed by atoms with van der Waals surface area (Å²) in [5, 5.41) is 5.29. The van der Waals surface area contributed by atoms with Gasteiger partial charge < -0.3 is 10.2 Å². The fourth-order valence-corrected chi connectivity index (χ4v) is 4.24. The molecular formula is C18H22N6O2S. The van der Waals surface area contributed by atoms with Crippen LogP contribution in [0.5, 0.6) is 0 Å². The SMILES string of the molecule is CC(=O)N1CCc2nc(C3CCCN3CC(=O)Nc3nccs3)ncc2C1. The van der Waals surface area contributed by atoms with Crippen LogP contribution in [0.1, 0.15) is 42.9 Å². The molecule has 0 saturated carbocycles. The van der Waals surface area contributed by atoms with Gasteiger partial charge in [-0.05, 0) is 19.4 Å². The molecule has 4 rings (SSSR count). The van der Waals surface area contributed by atoms with Gasteiger partial charge in [0.05, 0.1) is 18.3 Å². The fourth-order valence-electron chi connectivity index (χ4n) is 3.70. The Hall–Kier alpha value is -2.39. The maximum Gasteiger partial charge on any atom is 0.240 e. The minimum Gasteiger partial charge on any atom is -0.338 e. The lowest BCUT2D eigenvalue weighted by molar-refractivity contribution is -0.129. The number of aromatic nitrogens is 3. The van der Waals surface area contributed by atoms with Gasteiger partial charge in [0.2, 0.25) is 11.8 Å². The monoisotopic (exact) mass is 386 g/mol. The van der Waals surface area contributed by atoms with Gasteiger partial charge in [0.1, 0.15) is 5.82 Å². The number of hydrogen-bond acceptors (Lipinski definition) is 7. The molecule has 8 nitrogen and oxygen atoms in total. The van der Waals surface area contributed by atoms with E-state index in [1.807, 2.05) is 16.5 Å². The molecule has 0 aromatic carbocycles. The van der Waals surface area contributed by atoms with Crippen LogP contribution in [-0.4, -0.2) is 56.2 Å². The minimum atomic E-state index is -0.0630. The molecule has 0 radical (unpaired) electrons. The number of carbonyl (C=O) groups is 2. The minimum absolute atomic E-state index is 0.0585. The molecule has 9 heteroatoms. The average molecular weight is 386 g/mol. The zero-order chi connectivity index (χ0) is 18.8. The molecule has 0 bridgehead atoms. The van der Waals surface area contributed by atoms with Crippen LogP contribution in [-0.2, 0) is 22.6 Å². The lowest BCUT2D eigenvalue weighted by Crippen LogP contribution is -2.36. The van der Waals surface area contributed by atoms with Gasteiger partial charge in [-0.1, -0.05) is 0 Å². The van der Waals surface area contributed by atoms with Gasteiger partial charge in [0.15, 0.2) is 5.13 Å². The summed E-state index contributed by atoms with van der Waals surface area (Å²) in [6.07, 6.45) is 6.24. The number of hydrogen-bond donors (Lipinski definition) is 1. The maximum absolute atomic E-state index is 12.3. The first-order valence-electron chi connectivity index (χ1n) is 9.14. The topological polar surface area (TPSA) is 91.3 Å². The molecule has 2 aromatic rings. The largest absolute Gasteiger partial charge is 0.338 e. The van der Waals surface area contributed by atoms with Crippen LogP contribution in [0.25, 0.3) is 0 Å². The van der Waals surface area contributed by atoms with E-state index >= 15 is 0 Å². The average Bonchev–Trinajstić information content (AvgIpc) is 3.32. The van der Waals surface area contributed by atoms with Crippen molar-refractivity contribution in [2.45, 2.75) is 38.8 Å². The van der Waals surface area contributed by atoms with E-state index in [0.29, 0.717) is 24.8 Å². The molecule has 2 amide bonds. The van der Waals surface area contributed by atoms with Crippen LogP contribution in [0.4, 0.5) is 5.13 Å². The first kappa shape index (κ1) is 18.0. The Morgan fingerprint density at radius 1 is 1.33 bits per heavy atom. The van der Waals surface area contributed by atoms with E-state index in [-0.39, 0.29) is 17.9 Å². The lowest BCUT2D eigenvalue weighted by Gasteiger charge is -2.28. The van der Waals surface area contributed by atoms with Crippen molar-refractivity contribution >= 4 is 28.3 Å². The van der Waals surface area contributed by atoms with Crippen LogP contribution in [0.2, 0.25) is 0 Å². The standard InChI is InChI=1S/C18H22N6O2S/c1-12(25)23-7-4-14-13(10-23)9-20-17(21-14)15-3-2-6-24(15)11-16(26)22-18-19-5-8-27-18/h5,8-9,15H,2-4,6-7,10-11H2,1H3,(H,19,22,26). The molecular weight excluding hydrogens is 364 g/mol. The Kier molecular flexibility index (Phi) is 5.13. The van der Waals surface area contributed by atoms with Gasteiger partial charge in [-0.15, -0.1) is 11.3 Å². The van der Waals surface area contributed by atoms with Gasteiger partial charge in [0, 0.05) is 49.8 Å². The van der Waals surface area contributed by atoms with Crippen LogP contribution in [0.3, 0.4) is 0 Å². The summed E-state index contributed by atoms with van der Waals surface area (Å²) >= 11 is 1.41. The summed E-state index contributed by atoms with van der Waals surface area (Å²) < 4.78 is 0. The highest BCUT2D eigenvalue weighted by molar-refractivity contribution is 7.13. The van der Waals surface area contributed by atoms with Crippen LogP contribution in [0, 0.1) is 0 Å². The molecule has 1 N–H and O–H groups in total. The predicted octanol–water partition coefficient (Wildman–Crippen LogP) is 1.61. The third-order valence-electron chi connectivity index (χ3n) is 5.08. The van der Waals surface area contributed by atoms with Gasteiger partial charge in [0.25, 0.3) is 0 Å². The van der Waals surface area contributed by atoms with Crippen LogP contribution >= 0.6 is 11.3 Å². The third-order valence-corrected chi connectivity index (χ3v) is 5.77. The Morgan fingerprint density at radius 2 is 2.22 bits per heavy atom. The zero-order valence-corrected chi connectivity index (χ0v) is 16.0. The van der Waals surface area contributed by atoms with Gasteiger partial charge in [-0.2, -0.15) is 0 Å². The maximum atomic E-state index is 12.3. The van der Waals surface area contributed by atoms with Crippen molar-refractivity contribution in [3.8, 4) is 0 Å². The zero-order valence-electron chi connectivity index (χ0n) is 15.2. The number of thiazole rings is 1. The highest BCUT2D eigenvalue weighted by atomic mass is 32.1. The normalized spacial score (nSPS) is 19.7. The van der Waals surface area contributed by atoms with Crippen molar-refractivity contribution in [3.63, 3.8) is 0 Å². The number of nitrogens with one attached hydrogen (secondary N) is 1. The molecule has 1 fully saturated rings. The van der Waals surface area contributed by atoms with E-state index in [1.54, 1.807) is 13.1 Å². The lowest BCUT2D eigenvalue weighted by atomic mass is 10.1. The van der Waals surface area contributed by atoms with E-state index in [2.05, 4.69) is 20.2 Å². The first-order chi connectivity index (χ1) is 13.1. The molecule has 1 unspecified atom stereocenters. The van der Waals surface area contributed by atoms with Crippen molar-refractivity contribution < 1.29 is 9.59 Å². The first-order valence-corrected chi connectivity index (χ1v) is 10.0. The van der Waals surface area contributed by atoms with Crippen molar-refractivity contribution in [1.29, 1.82) is 0 Å². The number of anilines is 1. The molecule has 1 saturated heterocycles. The molecule has 0 aliphatic carbocycles. The highest BCUT2D eigenvalue weighted by Crippen LogP contribution is 2.30. The summed E-state index contributed by atoms with van der Waals surface area (Å²) in [6.45, 7) is 4.03. The summed E-state index contributed by atoms with van der Waals surface area (Å²) in [6, 6.07) is 0.0585. The number of carbonyl (C=O) groups excluding carboxylic acids is 2. The molecule has 2 aliphatic heterocycles. The Morgan fingerprint density at radius 3 is 3.00 bits per heavy atom. The van der Waals surface area contributed by atoms with E-state index in [9.17, 15) is 9.59 Å². The Bertz CT molecular complexity index is 840. The molecule has 27 heavy (non-hydrogen) atoms. The van der Waals surface area contributed by atoms with E-state index in [0.717, 1.165) is 42.9 Å². The second-order valence-electron chi connectivity index (χ2n) is 6.90. The second-order valence-corrected chi connectivity index (χ2v) is 7.80. The van der Waals surface area contributed by atoms with Crippen molar-refractivity contribution in [1.82, 2.24) is 24.8 Å². The predicted molar refractivity (Wildman–Crippen MR) is 101 cm³/mol. The summed E-state index contributed by atoms with van der Waals surface area (Å²) in [5.41, 5.74) is 2.04. The van der Waals surface area contributed by atoms with Gasteiger partial charge in [-0.25, -0.2) is 15.0 Å². The fraction of sp³-hybridized carbons (Fsp3) is 0.500. The van der Waals surface area contributed by atoms with Crippen LogP contribution in [0.15, 0.2) is 17.8 Å². The second kappa shape index (κ2) is 7.69. The molecule has 4 heterocycles. The number of amides is 2. The third kappa shape index (κ3) is 3.98. The molecule has 0 spiro atoms. The number of fused-ring (bicyclic) bond motifs is 1. The quantitative estimate of drug-likeness (QED) is 0.858. The molecule has 2 aromatic heterocycles. The van der Waals surface area contributed by atoms with Crippen molar-refractivity contribution in [2.24, 2.45) is 0 Å². The number of nitrogens with zero attached hydrogens (tertiary/aromatic N) is 5. The van der Waals surface area contributed by atoms with Gasteiger partial charge >= 0.3 is 0 Å².